The van der Waals surface area contributed by atoms with Gasteiger partial charge in [0.05, 0.1) is 0 Å². The predicted octanol–water partition coefficient (Wildman–Crippen LogP) is 1.04. The van der Waals surface area contributed by atoms with E-state index in [0.29, 0.717) is 0 Å². The van der Waals surface area contributed by atoms with E-state index >= 15 is 0 Å². The predicted molar refractivity (Wildman–Crippen MR) is 76.4 cm³/mol. The summed E-state index contributed by atoms with van der Waals surface area (Å²) < 4.78 is 0. The Bertz CT molecular complexity index is 562. The maximum atomic E-state index is 4.25. The molecule has 0 heterocycles. The molecule has 16 heavy (non-hydrogen) atoms. The minimum absolute atomic E-state index is 1.17. The van der Waals surface area contributed by atoms with Gasteiger partial charge in [0.15, 0.2) is 0 Å². The van der Waals surface area contributed by atoms with Gasteiger partial charge in [-0.2, -0.15) is 0 Å². The Morgan fingerprint density at radius 2 is 1.88 bits per heavy atom. The fourth-order valence-electron chi connectivity index (χ4n) is 2.73. The van der Waals surface area contributed by atoms with Crippen molar-refractivity contribution in [2.45, 2.75) is 12.8 Å². The first-order valence-electron chi connectivity index (χ1n) is 5.88. The number of allylic oxidation sites excluding steroid dienone is 5. The van der Waals surface area contributed by atoms with E-state index < -0.39 is 0 Å². The number of hydrogen-bond donors (Lipinski definition) is 0. The van der Waals surface area contributed by atoms with Crippen LogP contribution in [0.4, 0.5) is 0 Å². The molecule has 3 rings (SSSR count). The van der Waals surface area contributed by atoms with Crippen molar-refractivity contribution in [1.29, 1.82) is 0 Å². The van der Waals surface area contributed by atoms with E-state index in [2.05, 4.69) is 46.5 Å². The summed E-state index contributed by atoms with van der Waals surface area (Å²) in [5.74, 6) is 0. The van der Waals surface area contributed by atoms with E-state index in [4.69, 9.17) is 0 Å². The summed E-state index contributed by atoms with van der Waals surface area (Å²) >= 11 is 0. The van der Waals surface area contributed by atoms with Crippen molar-refractivity contribution in [2.75, 3.05) is 0 Å². The first kappa shape index (κ1) is 9.77. The molecule has 0 unspecified atom stereocenters. The lowest BCUT2D eigenvalue weighted by Gasteiger charge is -2.13. The molecular formula is C14H14B2. The summed E-state index contributed by atoms with van der Waals surface area (Å²) in [5, 5.41) is 0. The average Bonchev–Trinajstić information content (AvgIpc) is 2.53. The summed E-state index contributed by atoms with van der Waals surface area (Å²) in [5.41, 5.74) is 9.65. The van der Waals surface area contributed by atoms with Crippen LogP contribution < -0.4 is 5.46 Å². The molecule has 2 aliphatic rings. The largest absolute Gasteiger partial charge is 0.139 e. The van der Waals surface area contributed by atoms with Crippen LogP contribution in [-0.4, -0.2) is 15.7 Å². The molecule has 0 spiro atoms. The smallest absolute Gasteiger partial charge is 0.109 e. The molecule has 0 amide bonds. The van der Waals surface area contributed by atoms with Gasteiger partial charge in [-0.1, -0.05) is 36.3 Å². The van der Waals surface area contributed by atoms with E-state index in [1.165, 1.54) is 51.6 Å². The molecule has 2 heteroatoms. The van der Waals surface area contributed by atoms with Crippen molar-refractivity contribution in [1.82, 2.24) is 0 Å². The van der Waals surface area contributed by atoms with Crippen LogP contribution in [0.5, 0.6) is 0 Å². The van der Waals surface area contributed by atoms with Gasteiger partial charge >= 0.3 is 0 Å². The molecule has 0 saturated carbocycles. The van der Waals surface area contributed by atoms with Crippen molar-refractivity contribution in [3.05, 3.63) is 53.0 Å². The third-order valence-electron chi connectivity index (χ3n) is 3.64. The molecule has 0 aliphatic heterocycles. The van der Waals surface area contributed by atoms with Crippen LogP contribution in [0.3, 0.4) is 0 Å². The van der Waals surface area contributed by atoms with Crippen LogP contribution in [0, 0.1) is 0 Å². The number of benzene rings is 1. The van der Waals surface area contributed by atoms with E-state index in [9.17, 15) is 0 Å². The molecule has 0 fully saturated rings. The molecule has 0 radical (unpaired) electrons. The Balaban J connectivity index is 2.23. The number of fused-ring (bicyclic) bond motifs is 2. The topological polar surface area (TPSA) is 0 Å². The monoisotopic (exact) mass is 204 g/mol. The molecule has 0 atom stereocenters. The molecule has 0 aromatic heterocycles. The summed E-state index contributed by atoms with van der Waals surface area (Å²) in [7, 11) is 4.36. The van der Waals surface area contributed by atoms with Crippen LogP contribution >= 0.6 is 0 Å². The first-order valence-corrected chi connectivity index (χ1v) is 5.88. The molecule has 0 saturated heterocycles. The fraction of sp³-hybridized carbons (Fsp3) is 0.143. The SMILES string of the molecule is BC1=CC2=C(CC1)c1ccc(B)cc1C2=C. The third kappa shape index (κ3) is 1.26. The van der Waals surface area contributed by atoms with Gasteiger partial charge in [-0.15, -0.1) is 5.47 Å². The molecule has 76 valence electrons. The Hall–Kier alpha value is -1.43. The Morgan fingerprint density at radius 1 is 1.06 bits per heavy atom. The zero-order valence-corrected chi connectivity index (χ0v) is 9.93. The number of rotatable bonds is 0. The van der Waals surface area contributed by atoms with Crippen LogP contribution in [0.15, 0.2) is 41.9 Å². The van der Waals surface area contributed by atoms with Gasteiger partial charge in [0.1, 0.15) is 15.7 Å². The van der Waals surface area contributed by atoms with Crippen LogP contribution in [0.2, 0.25) is 0 Å². The summed E-state index contributed by atoms with van der Waals surface area (Å²) in [6.07, 6.45) is 4.68. The lowest BCUT2D eigenvalue weighted by Crippen LogP contribution is -2.02. The van der Waals surface area contributed by atoms with Crippen molar-refractivity contribution < 1.29 is 0 Å². The molecular weight excluding hydrogens is 190 g/mol. The van der Waals surface area contributed by atoms with Gasteiger partial charge in [0, 0.05) is 0 Å². The molecule has 2 aliphatic carbocycles. The van der Waals surface area contributed by atoms with Crippen LogP contribution in [0.25, 0.3) is 11.1 Å². The van der Waals surface area contributed by atoms with Gasteiger partial charge < -0.3 is 0 Å². The first-order chi connectivity index (χ1) is 7.66. The highest BCUT2D eigenvalue weighted by molar-refractivity contribution is 6.32. The van der Waals surface area contributed by atoms with Crippen molar-refractivity contribution >= 4 is 32.3 Å². The summed E-state index contributed by atoms with van der Waals surface area (Å²) in [6, 6.07) is 6.72. The maximum absolute atomic E-state index is 4.25. The minimum Gasteiger partial charge on any atom is -0.109 e. The summed E-state index contributed by atoms with van der Waals surface area (Å²) in [4.78, 5) is 0. The van der Waals surface area contributed by atoms with Gasteiger partial charge in [0.2, 0.25) is 0 Å². The van der Waals surface area contributed by atoms with Crippen LogP contribution in [0.1, 0.15) is 24.0 Å². The molecule has 0 bridgehead atoms. The molecule has 0 N–H and O–H groups in total. The van der Waals surface area contributed by atoms with E-state index in [1.54, 1.807) is 0 Å². The maximum Gasteiger partial charge on any atom is 0.139 e. The van der Waals surface area contributed by atoms with Crippen molar-refractivity contribution in [3.8, 4) is 0 Å². The van der Waals surface area contributed by atoms with Crippen molar-refractivity contribution in [3.63, 3.8) is 0 Å². The molecule has 0 nitrogen and oxygen atoms in total. The standard InChI is InChI=1S/C14H14B2/c1-8-13-6-9(15)2-4-11(13)12-5-3-10(16)7-14(8)12/h2,4,6-7H,1,3,5,15-16H2. The van der Waals surface area contributed by atoms with E-state index in [0.717, 1.165) is 0 Å². The van der Waals surface area contributed by atoms with Gasteiger partial charge in [-0.05, 0) is 40.7 Å². The highest BCUT2D eigenvalue weighted by atomic mass is 14.3. The highest BCUT2D eigenvalue weighted by Crippen LogP contribution is 2.45. The fourth-order valence-corrected chi connectivity index (χ4v) is 2.73. The zero-order valence-electron chi connectivity index (χ0n) is 9.93. The molecule has 1 aromatic rings. The second kappa shape index (κ2) is 3.28. The van der Waals surface area contributed by atoms with Crippen LogP contribution in [-0.2, 0) is 0 Å². The number of hydrogen-bond acceptors (Lipinski definition) is 0. The molecule has 1 aromatic carbocycles. The van der Waals surface area contributed by atoms with E-state index in [-0.39, 0.29) is 0 Å². The van der Waals surface area contributed by atoms with Gasteiger partial charge in [-0.3, -0.25) is 0 Å². The summed E-state index contributed by atoms with van der Waals surface area (Å²) in [6.45, 7) is 4.25. The lowest BCUT2D eigenvalue weighted by atomic mass is 9.82. The van der Waals surface area contributed by atoms with E-state index in [1.807, 2.05) is 0 Å². The Morgan fingerprint density at radius 3 is 2.69 bits per heavy atom. The Labute approximate surface area is 98.6 Å². The Kier molecular flexibility index (Phi) is 2.00. The average molecular weight is 204 g/mol. The highest BCUT2D eigenvalue weighted by Gasteiger charge is 2.25. The quantitative estimate of drug-likeness (QED) is 0.553. The normalized spacial score (nSPS) is 18.2. The van der Waals surface area contributed by atoms with Crippen molar-refractivity contribution in [2.24, 2.45) is 0 Å². The second-order valence-corrected chi connectivity index (χ2v) is 4.91. The van der Waals surface area contributed by atoms with Gasteiger partial charge in [0.25, 0.3) is 0 Å². The minimum atomic E-state index is 1.17. The van der Waals surface area contributed by atoms with Gasteiger partial charge in [-0.25, -0.2) is 0 Å². The lowest BCUT2D eigenvalue weighted by molar-refractivity contribution is 1.03. The second-order valence-electron chi connectivity index (χ2n) is 4.91. The third-order valence-corrected chi connectivity index (χ3v) is 3.64. The zero-order chi connectivity index (χ0) is 11.3.